The van der Waals surface area contributed by atoms with Crippen molar-refractivity contribution in [1.82, 2.24) is 15.2 Å². The Balaban J connectivity index is 1.39. The van der Waals surface area contributed by atoms with E-state index >= 15 is 0 Å². The molecule has 1 N–H and O–H groups in total. The number of hydrogen-bond acceptors (Lipinski definition) is 4. The van der Waals surface area contributed by atoms with Crippen LogP contribution in [-0.2, 0) is 4.79 Å². The standard InChI is InChI=1S/C19H24ClN3O2/c1-12-10-14(4-7-21-12)19(24)23-8-5-13(6-9-23)18-22-16-11-15(20)2-3-17(16)25-18/h2-3,11-14,21H,4-10H2,1H3/t12-,14-/m0/s1. The topological polar surface area (TPSA) is 58.4 Å². The summed E-state index contributed by atoms with van der Waals surface area (Å²) < 4.78 is 5.91. The van der Waals surface area contributed by atoms with Crippen LogP contribution in [0.1, 0.15) is 44.4 Å². The van der Waals surface area contributed by atoms with Crippen molar-refractivity contribution in [3.63, 3.8) is 0 Å². The first kappa shape index (κ1) is 16.9. The smallest absolute Gasteiger partial charge is 0.225 e. The van der Waals surface area contributed by atoms with Crippen molar-refractivity contribution in [1.29, 1.82) is 0 Å². The fourth-order valence-corrected chi connectivity index (χ4v) is 4.22. The van der Waals surface area contributed by atoms with Crippen molar-refractivity contribution in [2.45, 2.75) is 44.6 Å². The summed E-state index contributed by atoms with van der Waals surface area (Å²) in [6, 6.07) is 5.96. The van der Waals surface area contributed by atoms with Crippen LogP contribution in [0.5, 0.6) is 0 Å². The number of amides is 1. The molecular weight excluding hydrogens is 338 g/mol. The van der Waals surface area contributed by atoms with Crippen LogP contribution < -0.4 is 5.32 Å². The number of carbonyl (C=O) groups is 1. The Hall–Kier alpha value is -1.59. The third kappa shape index (κ3) is 3.53. The summed E-state index contributed by atoms with van der Waals surface area (Å²) in [7, 11) is 0. The third-order valence-electron chi connectivity index (χ3n) is 5.49. The van der Waals surface area contributed by atoms with Crippen LogP contribution >= 0.6 is 11.6 Å². The van der Waals surface area contributed by atoms with Gasteiger partial charge in [0.2, 0.25) is 5.91 Å². The quantitative estimate of drug-likeness (QED) is 0.888. The Kier molecular flexibility index (Phi) is 4.69. The normalized spacial score (nSPS) is 25.4. The van der Waals surface area contributed by atoms with Gasteiger partial charge in [-0.25, -0.2) is 4.98 Å². The van der Waals surface area contributed by atoms with Crippen molar-refractivity contribution in [3.8, 4) is 0 Å². The van der Waals surface area contributed by atoms with Crippen molar-refractivity contribution < 1.29 is 9.21 Å². The van der Waals surface area contributed by atoms with E-state index in [9.17, 15) is 4.79 Å². The first-order chi connectivity index (χ1) is 12.1. The molecule has 2 aliphatic heterocycles. The van der Waals surface area contributed by atoms with Crippen molar-refractivity contribution in [3.05, 3.63) is 29.1 Å². The molecule has 3 heterocycles. The van der Waals surface area contributed by atoms with E-state index in [-0.39, 0.29) is 11.8 Å². The fraction of sp³-hybridized carbons (Fsp3) is 0.579. The molecule has 134 valence electrons. The monoisotopic (exact) mass is 361 g/mol. The Morgan fingerprint density at radius 1 is 1.32 bits per heavy atom. The highest BCUT2D eigenvalue weighted by atomic mass is 35.5. The van der Waals surface area contributed by atoms with E-state index in [0.717, 1.165) is 62.3 Å². The van der Waals surface area contributed by atoms with Gasteiger partial charge in [0.05, 0.1) is 0 Å². The fourth-order valence-electron chi connectivity index (χ4n) is 4.05. The van der Waals surface area contributed by atoms with Crippen LogP contribution in [-0.4, -0.2) is 41.5 Å². The number of carbonyl (C=O) groups excluding carboxylic acids is 1. The molecule has 2 aliphatic rings. The summed E-state index contributed by atoms with van der Waals surface area (Å²) in [5.74, 6) is 1.57. The first-order valence-electron chi connectivity index (χ1n) is 9.18. The van der Waals surface area contributed by atoms with E-state index in [1.54, 1.807) is 0 Å². The second kappa shape index (κ2) is 6.96. The van der Waals surface area contributed by atoms with Gasteiger partial charge in [-0.1, -0.05) is 11.6 Å². The molecule has 1 aromatic carbocycles. The average molecular weight is 362 g/mol. The molecular formula is C19H24ClN3O2. The summed E-state index contributed by atoms with van der Waals surface area (Å²) in [4.78, 5) is 19.4. The number of benzene rings is 1. The summed E-state index contributed by atoms with van der Waals surface area (Å²) >= 11 is 6.02. The summed E-state index contributed by atoms with van der Waals surface area (Å²) in [6.45, 7) is 4.69. The van der Waals surface area contributed by atoms with Crippen LogP contribution in [0.4, 0.5) is 0 Å². The van der Waals surface area contributed by atoms with Crippen LogP contribution in [0, 0.1) is 5.92 Å². The Morgan fingerprint density at radius 2 is 2.12 bits per heavy atom. The number of rotatable bonds is 2. The zero-order valence-electron chi connectivity index (χ0n) is 14.5. The number of hydrogen-bond donors (Lipinski definition) is 1. The molecule has 0 spiro atoms. The number of nitrogens with one attached hydrogen (secondary N) is 1. The lowest BCUT2D eigenvalue weighted by molar-refractivity contribution is -0.137. The second-order valence-electron chi connectivity index (χ2n) is 7.34. The van der Waals surface area contributed by atoms with E-state index in [4.69, 9.17) is 16.0 Å². The molecule has 1 amide bonds. The van der Waals surface area contributed by atoms with Gasteiger partial charge in [-0.2, -0.15) is 0 Å². The van der Waals surface area contributed by atoms with Gasteiger partial charge >= 0.3 is 0 Å². The van der Waals surface area contributed by atoms with Gasteiger partial charge in [0.25, 0.3) is 0 Å². The maximum atomic E-state index is 12.8. The number of oxazole rings is 1. The number of halogens is 1. The molecule has 5 nitrogen and oxygen atoms in total. The van der Waals surface area contributed by atoms with Crippen molar-refractivity contribution in [2.24, 2.45) is 5.92 Å². The molecule has 2 fully saturated rings. The summed E-state index contributed by atoms with van der Waals surface area (Å²) in [6.07, 6.45) is 3.72. The van der Waals surface area contributed by atoms with E-state index in [1.807, 2.05) is 23.1 Å². The van der Waals surface area contributed by atoms with E-state index in [0.29, 0.717) is 17.0 Å². The van der Waals surface area contributed by atoms with Crippen LogP contribution in [0.15, 0.2) is 22.6 Å². The van der Waals surface area contributed by atoms with Crippen LogP contribution in [0.25, 0.3) is 11.1 Å². The average Bonchev–Trinajstić information content (AvgIpc) is 3.04. The highest BCUT2D eigenvalue weighted by Gasteiger charge is 2.32. The van der Waals surface area contributed by atoms with Gasteiger partial charge in [0.15, 0.2) is 11.5 Å². The van der Waals surface area contributed by atoms with Crippen molar-refractivity contribution >= 4 is 28.6 Å². The van der Waals surface area contributed by atoms with Crippen molar-refractivity contribution in [2.75, 3.05) is 19.6 Å². The lowest BCUT2D eigenvalue weighted by Crippen LogP contribution is -2.46. The van der Waals surface area contributed by atoms with Gasteiger partial charge < -0.3 is 14.6 Å². The molecule has 2 saturated heterocycles. The number of aromatic nitrogens is 1. The Labute approximate surface area is 152 Å². The first-order valence-corrected chi connectivity index (χ1v) is 9.56. The molecule has 1 aromatic heterocycles. The molecule has 4 rings (SSSR count). The molecule has 0 unspecified atom stereocenters. The predicted molar refractivity (Wildman–Crippen MR) is 97.8 cm³/mol. The van der Waals surface area contributed by atoms with E-state index in [2.05, 4.69) is 17.2 Å². The highest BCUT2D eigenvalue weighted by molar-refractivity contribution is 6.31. The minimum atomic E-state index is 0.180. The Bertz CT molecular complexity index is 767. The van der Waals surface area contributed by atoms with Gasteiger partial charge in [0.1, 0.15) is 5.52 Å². The maximum absolute atomic E-state index is 12.8. The van der Waals surface area contributed by atoms with Gasteiger partial charge in [-0.05, 0) is 57.4 Å². The van der Waals surface area contributed by atoms with Gasteiger partial charge in [0, 0.05) is 36.0 Å². The van der Waals surface area contributed by atoms with Crippen LogP contribution in [0.3, 0.4) is 0 Å². The lowest BCUT2D eigenvalue weighted by atomic mass is 9.90. The van der Waals surface area contributed by atoms with E-state index in [1.165, 1.54) is 0 Å². The highest BCUT2D eigenvalue weighted by Crippen LogP contribution is 2.32. The third-order valence-corrected chi connectivity index (χ3v) is 5.73. The summed E-state index contributed by atoms with van der Waals surface area (Å²) in [5.41, 5.74) is 1.59. The lowest BCUT2D eigenvalue weighted by Gasteiger charge is -2.35. The maximum Gasteiger partial charge on any atom is 0.225 e. The molecule has 0 bridgehead atoms. The number of fused-ring (bicyclic) bond motifs is 1. The predicted octanol–water partition coefficient (Wildman–Crippen LogP) is 3.58. The second-order valence-corrected chi connectivity index (χ2v) is 7.78. The molecule has 25 heavy (non-hydrogen) atoms. The SMILES string of the molecule is C[C@H]1C[C@@H](C(=O)N2CCC(c3nc4cc(Cl)ccc4o3)CC2)CCN1. The molecule has 2 atom stereocenters. The molecule has 0 aliphatic carbocycles. The van der Waals surface area contributed by atoms with Crippen LogP contribution in [0.2, 0.25) is 5.02 Å². The van der Waals surface area contributed by atoms with Gasteiger partial charge in [-0.3, -0.25) is 4.79 Å². The number of likely N-dealkylation sites (tertiary alicyclic amines) is 1. The summed E-state index contributed by atoms with van der Waals surface area (Å²) in [5, 5.41) is 4.08. The molecule has 6 heteroatoms. The number of nitrogens with zero attached hydrogens (tertiary/aromatic N) is 2. The molecule has 2 aromatic rings. The molecule has 0 radical (unpaired) electrons. The largest absolute Gasteiger partial charge is 0.440 e. The number of piperidine rings is 2. The molecule has 0 saturated carbocycles. The zero-order valence-corrected chi connectivity index (χ0v) is 15.3. The Morgan fingerprint density at radius 3 is 2.88 bits per heavy atom. The van der Waals surface area contributed by atoms with E-state index < -0.39 is 0 Å². The minimum absolute atomic E-state index is 0.180. The minimum Gasteiger partial charge on any atom is -0.440 e. The van der Waals surface area contributed by atoms with Gasteiger partial charge in [-0.15, -0.1) is 0 Å². The zero-order chi connectivity index (χ0) is 17.4.